The molecule has 0 N–H and O–H groups in total. The van der Waals surface area contributed by atoms with E-state index in [4.69, 9.17) is 0 Å². The van der Waals surface area contributed by atoms with Gasteiger partial charge in [-0.25, -0.2) is 14.4 Å². The second-order valence-electron chi connectivity index (χ2n) is 5.16. The van der Waals surface area contributed by atoms with Crippen LogP contribution in [0.15, 0.2) is 48.8 Å². The highest BCUT2D eigenvalue weighted by molar-refractivity contribution is 5.91. The molecule has 0 bridgehead atoms. The molecular weight excluding hydrogens is 251 g/mol. The highest BCUT2D eigenvalue weighted by Crippen LogP contribution is 2.27. The summed E-state index contributed by atoms with van der Waals surface area (Å²) in [6.07, 6.45) is 1.48. The van der Waals surface area contributed by atoms with Gasteiger partial charge in [0.2, 0.25) is 0 Å². The summed E-state index contributed by atoms with van der Waals surface area (Å²) >= 11 is 0. The van der Waals surface area contributed by atoms with Crippen LogP contribution in [-0.4, -0.2) is 9.97 Å². The number of hydrogen-bond acceptors (Lipinski definition) is 2. The monoisotopic (exact) mass is 266 g/mol. The molecule has 0 fully saturated rings. The van der Waals surface area contributed by atoms with Crippen LogP contribution in [0.1, 0.15) is 25.3 Å². The lowest BCUT2D eigenvalue weighted by Gasteiger charge is -2.08. The second kappa shape index (κ2) is 5.00. The zero-order valence-corrected chi connectivity index (χ0v) is 11.5. The molecule has 2 aromatic carbocycles. The molecule has 0 atom stereocenters. The Balaban J connectivity index is 2.14. The molecule has 0 amide bonds. The van der Waals surface area contributed by atoms with Crippen LogP contribution in [0.3, 0.4) is 0 Å². The molecule has 0 saturated carbocycles. The van der Waals surface area contributed by atoms with Crippen molar-refractivity contribution in [2.45, 2.75) is 19.8 Å². The predicted molar refractivity (Wildman–Crippen MR) is 79.0 cm³/mol. The third kappa shape index (κ3) is 2.27. The molecule has 0 unspecified atom stereocenters. The van der Waals surface area contributed by atoms with Gasteiger partial charge in [0.15, 0.2) is 0 Å². The number of fused-ring (bicyclic) bond motifs is 1. The molecular formula is C17H15FN2. The largest absolute Gasteiger partial charge is 0.236 e. The van der Waals surface area contributed by atoms with Crippen LogP contribution in [0.5, 0.6) is 0 Å². The van der Waals surface area contributed by atoms with Crippen LogP contribution >= 0.6 is 0 Å². The molecule has 0 spiro atoms. The highest BCUT2D eigenvalue weighted by Gasteiger charge is 2.07. The van der Waals surface area contributed by atoms with Crippen molar-refractivity contribution in [2.24, 2.45) is 0 Å². The van der Waals surface area contributed by atoms with Gasteiger partial charge >= 0.3 is 0 Å². The zero-order chi connectivity index (χ0) is 14.1. The van der Waals surface area contributed by atoms with Crippen LogP contribution < -0.4 is 0 Å². The summed E-state index contributed by atoms with van der Waals surface area (Å²) in [4.78, 5) is 8.47. The smallest absolute Gasteiger partial charge is 0.125 e. The lowest BCUT2D eigenvalue weighted by molar-refractivity contribution is 0.629. The van der Waals surface area contributed by atoms with Gasteiger partial charge in [0, 0.05) is 17.0 Å². The Morgan fingerprint density at radius 2 is 1.70 bits per heavy atom. The molecule has 20 heavy (non-hydrogen) atoms. The Morgan fingerprint density at radius 3 is 2.40 bits per heavy atom. The van der Waals surface area contributed by atoms with Crippen molar-refractivity contribution in [3.05, 3.63) is 60.2 Å². The molecule has 2 nitrogen and oxygen atoms in total. The molecule has 1 aromatic heterocycles. The van der Waals surface area contributed by atoms with E-state index < -0.39 is 0 Å². The maximum Gasteiger partial charge on any atom is 0.125 e. The number of halogens is 1. The van der Waals surface area contributed by atoms with E-state index >= 15 is 0 Å². The van der Waals surface area contributed by atoms with E-state index in [1.807, 2.05) is 0 Å². The third-order valence-electron chi connectivity index (χ3n) is 3.45. The second-order valence-corrected chi connectivity index (χ2v) is 5.16. The van der Waals surface area contributed by atoms with Gasteiger partial charge < -0.3 is 0 Å². The van der Waals surface area contributed by atoms with E-state index in [0.717, 1.165) is 16.6 Å². The van der Waals surface area contributed by atoms with E-state index in [-0.39, 0.29) is 5.82 Å². The zero-order valence-electron chi connectivity index (χ0n) is 11.5. The van der Waals surface area contributed by atoms with E-state index in [2.05, 4.69) is 48.1 Å². The average molecular weight is 266 g/mol. The number of benzene rings is 2. The Morgan fingerprint density at radius 1 is 0.950 bits per heavy atom. The van der Waals surface area contributed by atoms with Gasteiger partial charge in [0.25, 0.3) is 0 Å². The van der Waals surface area contributed by atoms with Crippen molar-refractivity contribution >= 4 is 10.9 Å². The summed E-state index contributed by atoms with van der Waals surface area (Å²) in [5.74, 6) is 0.220. The van der Waals surface area contributed by atoms with Crippen molar-refractivity contribution in [3.8, 4) is 11.3 Å². The Labute approximate surface area is 117 Å². The molecule has 0 aliphatic carbocycles. The highest BCUT2D eigenvalue weighted by atomic mass is 19.1. The lowest BCUT2D eigenvalue weighted by atomic mass is 9.99. The van der Waals surface area contributed by atoms with E-state index in [0.29, 0.717) is 11.4 Å². The molecule has 0 radical (unpaired) electrons. The van der Waals surface area contributed by atoms with Crippen LogP contribution in [0.2, 0.25) is 0 Å². The lowest BCUT2D eigenvalue weighted by Crippen LogP contribution is -1.91. The SMILES string of the molecule is CC(C)c1ccc(-c2ncnc3cc(F)ccc23)cc1. The minimum Gasteiger partial charge on any atom is -0.236 e. The van der Waals surface area contributed by atoms with Crippen molar-refractivity contribution in [1.29, 1.82) is 0 Å². The summed E-state index contributed by atoms with van der Waals surface area (Å²) in [6.45, 7) is 4.33. The van der Waals surface area contributed by atoms with Crippen LogP contribution in [-0.2, 0) is 0 Å². The summed E-state index contributed by atoms with van der Waals surface area (Å²) in [6, 6.07) is 12.9. The van der Waals surface area contributed by atoms with Crippen LogP contribution in [0, 0.1) is 5.82 Å². The molecule has 3 rings (SSSR count). The third-order valence-corrected chi connectivity index (χ3v) is 3.45. The molecule has 100 valence electrons. The average Bonchev–Trinajstić information content (AvgIpc) is 2.46. The predicted octanol–water partition coefficient (Wildman–Crippen LogP) is 4.56. The first-order chi connectivity index (χ1) is 9.65. The van der Waals surface area contributed by atoms with Gasteiger partial charge in [-0.15, -0.1) is 0 Å². The molecule has 0 aliphatic rings. The number of rotatable bonds is 2. The van der Waals surface area contributed by atoms with Gasteiger partial charge in [0.05, 0.1) is 11.2 Å². The maximum atomic E-state index is 13.3. The van der Waals surface area contributed by atoms with Gasteiger partial charge in [-0.1, -0.05) is 38.1 Å². The normalized spacial score (nSPS) is 11.2. The number of nitrogens with zero attached hydrogens (tertiary/aromatic N) is 2. The molecule has 1 heterocycles. The molecule has 0 saturated heterocycles. The van der Waals surface area contributed by atoms with E-state index in [1.165, 1.54) is 24.0 Å². The van der Waals surface area contributed by atoms with Crippen LogP contribution in [0.4, 0.5) is 4.39 Å². The first-order valence-electron chi connectivity index (χ1n) is 6.66. The minimum absolute atomic E-state index is 0.280. The van der Waals surface area contributed by atoms with Gasteiger partial charge in [-0.2, -0.15) is 0 Å². The first-order valence-corrected chi connectivity index (χ1v) is 6.66. The fourth-order valence-electron chi connectivity index (χ4n) is 2.29. The van der Waals surface area contributed by atoms with Gasteiger partial charge in [-0.05, 0) is 23.6 Å². The van der Waals surface area contributed by atoms with Gasteiger partial charge in [0.1, 0.15) is 12.1 Å². The molecule has 3 heteroatoms. The maximum absolute atomic E-state index is 13.3. The number of hydrogen-bond donors (Lipinski definition) is 0. The Bertz CT molecular complexity index is 749. The summed E-state index contributed by atoms with van der Waals surface area (Å²) in [5, 5.41) is 0.867. The molecule has 3 aromatic rings. The van der Waals surface area contributed by atoms with Crippen molar-refractivity contribution in [2.75, 3.05) is 0 Å². The van der Waals surface area contributed by atoms with Crippen LogP contribution in [0.25, 0.3) is 22.2 Å². The summed E-state index contributed by atoms with van der Waals surface area (Å²) < 4.78 is 13.3. The Kier molecular flexibility index (Phi) is 3.18. The number of aromatic nitrogens is 2. The topological polar surface area (TPSA) is 25.8 Å². The quantitative estimate of drug-likeness (QED) is 0.679. The van der Waals surface area contributed by atoms with E-state index in [1.54, 1.807) is 6.07 Å². The Hall–Kier alpha value is -2.29. The van der Waals surface area contributed by atoms with E-state index in [9.17, 15) is 4.39 Å². The fraction of sp³-hybridized carbons (Fsp3) is 0.176. The van der Waals surface area contributed by atoms with Gasteiger partial charge in [-0.3, -0.25) is 0 Å². The summed E-state index contributed by atoms with van der Waals surface area (Å²) in [5.41, 5.74) is 3.78. The van der Waals surface area contributed by atoms with Crippen molar-refractivity contribution < 1.29 is 4.39 Å². The first kappa shape index (κ1) is 12.7. The van der Waals surface area contributed by atoms with Crippen molar-refractivity contribution in [1.82, 2.24) is 9.97 Å². The fourth-order valence-corrected chi connectivity index (χ4v) is 2.29. The standard InChI is InChI=1S/C17H15FN2/c1-11(2)12-3-5-13(6-4-12)17-15-8-7-14(18)9-16(15)19-10-20-17/h3-11H,1-2H3. The minimum atomic E-state index is -0.280. The molecule has 0 aliphatic heterocycles. The summed E-state index contributed by atoms with van der Waals surface area (Å²) in [7, 11) is 0. The van der Waals surface area contributed by atoms with Crippen molar-refractivity contribution in [3.63, 3.8) is 0 Å².